The summed E-state index contributed by atoms with van der Waals surface area (Å²) in [5, 5.41) is 9.39. The van der Waals surface area contributed by atoms with Gasteiger partial charge in [0.25, 0.3) is 5.88 Å². The predicted molar refractivity (Wildman–Crippen MR) is 52.4 cm³/mol. The quantitative estimate of drug-likeness (QED) is 0.819. The molecule has 2 rings (SSSR count). The van der Waals surface area contributed by atoms with Gasteiger partial charge < -0.3 is 9.84 Å². The van der Waals surface area contributed by atoms with Crippen molar-refractivity contribution in [2.24, 2.45) is 0 Å². The smallest absolute Gasteiger partial charge is 0.255 e. The summed E-state index contributed by atoms with van der Waals surface area (Å²) in [7, 11) is 0. The summed E-state index contributed by atoms with van der Waals surface area (Å²) >= 11 is 0. The number of aromatic hydroxyl groups is 1. The van der Waals surface area contributed by atoms with Crippen molar-refractivity contribution in [3.05, 3.63) is 48.4 Å². The normalized spacial score (nSPS) is 9.93. The van der Waals surface area contributed by atoms with E-state index in [9.17, 15) is 9.50 Å². The first-order valence-corrected chi connectivity index (χ1v) is 4.34. The molecule has 0 spiro atoms. The molecule has 3 nitrogen and oxygen atoms in total. The molecule has 0 radical (unpaired) electrons. The Morgan fingerprint density at radius 1 is 1.13 bits per heavy atom. The van der Waals surface area contributed by atoms with Crippen molar-refractivity contribution in [1.29, 1.82) is 0 Å². The predicted octanol–water partition coefficient (Wildman–Crippen LogP) is 2.72. The lowest BCUT2D eigenvalue weighted by Gasteiger charge is -2.06. The molecule has 1 N–H and O–H groups in total. The monoisotopic (exact) mass is 205 g/mol. The maximum atomic E-state index is 13.1. The van der Waals surface area contributed by atoms with Crippen LogP contribution in [0, 0.1) is 5.82 Å². The third-order valence-electron chi connectivity index (χ3n) is 1.80. The van der Waals surface area contributed by atoms with Gasteiger partial charge >= 0.3 is 0 Å². The molecule has 76 valence electrons. The van der Waals surface area contributed by atoms with Crippen LogP contribution in [0.25, 0.3) is 0 Å². The van der Waals surface area contributed by atoms with Crippen LogP contribution in [0.2, 0.25) is 0 Å². The molecule has 2 aromatic rings. The molecule has 0 fully saturated rings. The summed E-state index contributed by atoms with van der Waals surface area (Å²) in [5.74, 6) is -0.600. The number of rotatable bonds is 2. The average Bonchev–Trinajstić information content (AvgIpc) is 2.24. The molecule has 0 amide bonds. The second kappa shape index (κ2) is 3.96. The summed E-state index contributed by atoms with van der Waals surface area (Å²) in [5.41, 5.74) is 0. The number of para-hydroxylation sites is 2. The van der Waals surface area contributed by atoms with Gasteiger partial charge in [0.1, 0.15) is 0 Å². The minimum atomic E-state index is -0.569. The van der Waals surface area contributed by atoms with Crippen molar-refractivity contribution < 1.29 is 14.2 Å². The second-order valence-corrected chi connectivity index (χ2v) is 2.86. The van der Waals surface area contributed by atoms with Crippen LogP contribution in [-0.2, 0) is 0 Å². The van der Waals surface area contributed by atoms with E-state index in [0.29, 0.717) is 0 Å². The fraction of sp³-hybridized carbons (Fsp3) is 0. The van der Waals surface area contributed by atoms with Crippen LogP contribution in [0.15, 0.2) is 42.6 Å². The van der Waals surface area contributed by atoms with Crippen molar-refractivity contribution in [1.82, 2.24) is 4.98 Å². The summed E-state index contributed by atoms with van der Waals surface area (Å²) in [6, 6.07) is 9.02. The highest BCUT2D eigenvalue weighted by molar-refractivity contribution is 5.40. The third kappa shape index (κ3) is 2.04. The Morgan fingerprint density at radius 2 is 1.93 bits per heavy atom. The molecule has 0 atom stereocenters. The van der Waals surface area contributed by atoms with Crippen LogP contribution in [0.4, 0.5) is 4.39 Å². The molecule has 15 heavy (non-hydrogen) atoms. The van der Waals surface area contributed by atoms with Gasteiger partial charge in [-0.2, -0.15) is 0 Å². The highest BCUT2D eigenvalue weighted by Gasteiger charge is 2.07. The second-order valence-electron chi connectivity index (χ2n) is 2.86. The van der Waals surface area contributed by atoms with Gasteiger partial charge in [-0.25, -0.2) is 9.37 Å². The topological polar surface area (TPSA) is 42.4 Å². The standard InChI is InChI=1S/C11H8FNO2/c12-8-4-3-7-13-11(8)15-10-6-2-1-5-9(10)14/h1-7,14H. The number of phenolic OH excluding ortho intramolecular Hbond substituents is 1. The molecular weight excluding hydrogens is 197 g/mol. The number of nitrogens with zero attached hydrogens (tertiary/aromatic N) is 1. The summed E-state index contributed by atoms with van der Waals surface area (Å²) in [6.45, 7) is 0. The highest BCUT2D eigenvalue weighted by atomic mass is 19.1. The van der Waals surface area contributed by atoms with Crippen LogP contribution >= 0.6 is 0 Å². The van der Waals surface area contributed by atoms with Gasteiger partial charge in [-0.15, -0.1) is 0 Å². The Balaban J connectivity index is 2.30. The van der Waals surface area contributed by atoms with Crippen molar-refractivity contribution in [3.8, 4) is 17.4 Å². The maximum Gasteiger partial charge on any atom is 0.255 e. The van der Waals surface area contributed by atoms with Gasteiger partial charge in [-0.1, -0.05) is 12.1 Å². The SMILES string of the molecule is Oc1ccccc1Oc1ncccc1F. The Labute approximate surface area is 85.8 Å². The van der Waals surface area contributed by atoms with Crippen LogP contribution in [0.5, 0.6) is 17.4 Å². The Morgan fingerprint density at radius 3 is 2.67 bits per heavy atom. The first-order valence-electron chi connectivity index (χ1n) is 4.34. The van der Waals surface area contributed by atoms with Gasteiger partial charge in [0.2, 0.25) is 0 Å². The molecule has 1 aromatic carbocycles. The van der Waals surface area contributed by atoms with Crippen LogP contribution in [-0.4, -0.2) is 10.1 Å². The van der Waals surface area contributed by atoms with Crippen molar-refractivity contribution in [3.63, 3.8) is 0 Å². The number of benzene rings is 1. The minimum absolute atomic E-state index is 0.0532. The average molecular weight is 205 g/mol. The zero-order valence-corrected chi connectivity index (χ0v) is 7.72. The molecule has 4 heteroatoms. The summed E-state index contributed by atoms with van der Waals surface area (Å²) < 4.78 is 18.2. The number of hydrogen-bond acceptors (Lipinski definition) is 3. The molecule has 0 unspecified atom stereocenters. The fourth-order valence-corrected chi connectivity index (χ4v) is 1.09. The lowest BCUT2D eigenvalue weighted by Crippen LogP contribution is -1.91. The highest BCUT2D eigenvalue weighted by Crippen LogP contribution is 2.29. The van der Waals surface area contributed by atoms with Gasteiger partial charge in [-0.3, -0.25) is 0 Å². The Hall–Kier alpha value is -2.10. The van der Waals surface area contributed by atoms with E-state index in [4.69, 9.17) is 4.74 Å². The van der Waals surface area contributed by atoms with Gasteiger partial charge in [0.15, 0.2) is 17.3 Å². The van der Waals surface area contributed by atoms with Crippen LogP contribution < -0.4 is 4.74 Å². The first-order chi connectivity index (χ1) is 7.27. The molecule has 0 aliphatic carbocycles. The molecule has 0 aliphatic rings. The Bertz CT molecular complexity index is 430. The maximum absolute atomic E-state index is 13.1. The van der Waals surface area contributed by atoms with Crippen LogP contribution in [0.1, 0.15) is 0 Å². The zero-order valence-electron chi connectivity index (χ0n) is 7.72. The van der Waals surface area contributed by atoms with E-state index in [0.717, 1.165) is 0 Å². The number of pyridine rings is 1. The number of halogens is 1. The van der Waals surface area contributed by atoms with E-state index in [2.05, 4.69) is 4.98 Å². The largest absolute Gasteiger partial charge is 0.504 e. The van der Waals surface area contributed by atoms with E-state index in [1.54, 1.807) is 12.1 Å². The lowest BCUT2D eigenvalue weighted by atomic mass is 10.3. The van der Waals surface area contributed by atoms with E-state index < -0.39 is 5.82 Å². The van der Waals surface area contributed by atoms with E-state index in [1.165, 1.54) is 30.5 Å². The number of ether oxygens (including phenoxy) is 1. The number of hydrogen-bond donors (Lipinski definition) is 1. The molecule has 0 aliphatic heterocycles. The molecule has 0 bridgehead atoms. The molecule has 0 saturated heterocycles. The van der Waals surface area contributed by atoms with Gasteiger partial charge in [0, 0.05) is 6.20 Å². The lowest BCUT2D eigenvalue weighted by molar-refractivity contribution is 0.384. The zero-order chi connectivity index (χ0) is 10.7. The van der Waals surface area contributed by atoms with Crippen molar-refractivity contribution >= 4 is 0 Å². The van der Waals surface area contributed by atoms with Crippen LogP contribution in [0.3, 0.4) is 0 Å². The molecule has 0 saturated carbocycles. The Kier molecular flexibility index (Phi) is 2.49. The van der Waals surface area contributed by atoms with Gasteiger partial charge in [-0.05, 0) is 24.3 Å². The fourth-order valence-electron chi connectivity index (χ4n) is 1.09. The summed E-state index contributed by atoms with van der Waals surface area (Å²) in [4.78, 5) is 3.71. The summed E-state index contributed by atoms with van der Waals surface area (Å²) in [6.07, 6.45) is 1.42. The molecule has 1 heterocycles. The number of phenols is 1. The van der Waals surface area contributed by atoms with E-state index in [-0.39, 0.29) is 17.4 Å². The van der Waals surface area contributed by atoms with E-state index >= 15 is 0 Å². The van der Waals surface area contributed by atoms with E-state index in [1.807, 2.05) is 0 Å². The molecular formula is C11H8FNO2. The van der Waals surface area contributed by atoms with Crippen molar-refractivity contribution in [2.45, 2.75) is 0 Å². The third-order valence-corrected chi connectivity index (χ3v) is 1.80. The number of aromatic nitrogens is 1. The first kappa shape index (κ1) is 9.45. The van der Waals surface area contributed by atoms with Crippen molar-refractivity contribution in [2.75, 3.05) is 0 Å². The van der Waals surface area contributed by atoms with Gasteiger partial charge in [0.05, 0.1) is 0 Å². The molecule has 1 aromatic heterocycles. The minimum Gasteiger partial charge on any atom is -0.504 e.